The second-order valence-corrected chi connectivity index (χ2v) is 11.8. The molecule has 1 unspecified atom stereocenters. The summed E-state index contributed by atoms with van der Waals surface area (Å²) in [7, 11) is 0. The summed E-state index contributed by atoms with van der Waals surface area (Å²) in [6, 6.07) is 24.5. The van der Waals surface area contributed by atoms with Crippen molar-refractivity contribution in [2.24, 2.45) is 0 Å². The number of rotatable bonds is 9. The molecule has 0 aromatic heterocycles. The Morgan fingerprint density at radius 1 is 0.872 bits per heavy atom. The van der Waals surface area contributed by atoms with Crippen molar-refractivity contribution in [2.45, 2.75) is 81.2 Å². The van der Waals surface area contributed by atoms with E-state index in [1.807, 2.05) is 36.0 Å². The molecule has 3 atom stereocenters. The van der Waals surface area contributed by atoms with Crippen molar-refractivity contribution in [1.82, 2.24) is 4.90 Å². The van der Waals surface area contributed by atoms with E-state index in [4.69, 9.17) is 9.47 Å². The zero-order valence-electron chi connectivity index (χ0n) is 23.0. The Hall–Kier alpha value is -3.25. The summed E-state index contributed by atoms with van der Waals surface area (Å²) < 4.78 is 11.3. The maximum atomic E-state index is 13.5. The van der Waals surface area contributed by atoms with Crippen LogP contribution in [0.3, 0.4) is 0 Å². The Morgan fingerprint density at radius 3 is 2.08 bits per heavy atom. The van der Waals surface area contributed by atoms with Crippen LogP contribution < -0.4 is 4.74 Å². The SMILES string of the molecule is CCOC(=O)c1ccc(OC2C[C@H]3CC[C@@H](C2)N3C(=O)c2ccc(CSc3ccc(C(C)C)cc3)cc2)cc1. The molecule has 0 aliphatic carbocycles. The normalized spacial score (nSPS) is 20.2. The lowest BCUT2D eigenvalue weighted by molar-refractivity contribution is 0.0359. The second-order valence-electron chi connectivity index (χ2n) is 10.8. The molecule has 3 aromatic carbocycles. The molecular formula is C33H37NO4S. The number of nitrogens with zero attached hydrogens (tertiary/aromatic N) is 1. The average Bonchev–Trinajstić information content (AvgIpc) is 3.22. The lowest BCUT2D eigenvalue weighted by atomic mass is 9.98. The molecule has 0 saturated carbocycles. The maximum absolute atomic E-state index is 13.5. The number of hydrogen-bond acceptors (Lipinski definition) is 5. The first-order valence-corrected chi connectivity index (χ1v) is 15.0. The molecule has 2 saturated heterocycles. The van der Waals surface area contributed by atoms with Gasteiger partial charge in [-0.05, 0) is 85.3 Å². The fourth-order valence-corrected chi connectivity index (χ4v) is 6.49. The fourth-order valence-electron chi connectivity index (χ4n) is 5.64. The molecule has 3 aromatic rings. The number of carbonyl (C=O) groups excluding carboxylic acids is 2. The van der Waals surface area contributed by atoms with E-state index >= 15 is 0 Å². The largest absolute Gasteiger partial charge is 0.490 e. The number of amides is 1. The van der Waals surface area contributed by atoms with Gasteiger partial charge in [0.25, 0.3) is 5.91 Å². The molecule has 1 amide bonds. The van der Waals surface area contributed by atoms with E-state index in [1.54, 1.807) is 19.1 Å². The molecule has 0 spiro atoms. The number of benzene rings is 3. The van der Waals surface area contributed by atoms with Gasteiger partial charge in [-0.25, -0.2) is 4.79 Å². The topological polar surface area (TPSA) is 55.8 Å². The Morgan fingerprint density at radius 2 is 1.49 bits per heavy atom. The highest BCUT2D eigenvalue weighted by Crippen LogP contribution is 2.38. The Kier molecular flexibility index (Phi) is 8.61. The summed E-state index contributed by atoms with van der Waals surface area (Å²) in [6.07, 6.45) is 3.75. The van der Waals surface area contributed by atoms with Crippen LogP contribution in [0.25, 0.3) is 0 Å². The lowest BCUT2D eigenvalue weighted by Crippen LogP contribution is -2.49. The third kappa shape index (κ3) is 6.50. The van der Waals surface area contributed by atoms with Crippen LogP contribution in [-0.2, 0) is 10.5 Å². The van der Waals surface area contributed by atoms with Crippen LogP contribution in [0.1, 0.15) is 84.2 Å². The van der Waals surface area contributed by atoms with Crippen LogP contribution in [0.15, 0.2) is 77.7 Å². The smallest absolute Gasteiger partial charge is 0.338 e. The average molecular weight is 544 g/mol. The van der Waals surface area contributed by atoms with Crippen molar-refractivity contribution in [3.8, 4) is 5.75 Å². The standard InChI is InChI=1S/C33H37NO4S/c1-4-37-33(36)26-9-15-29(16-10-26)38-30-19-27-13-14-28(20-30)34(27)32(35)25-7-5-23(6-8-25)21-39-31-17-11-24(12-18-31)22(2)3/h5-12,15-18,22,27-28,30H,4,13-14,19-21H2,1-3H3/t27-,28+,30?. The molecule has 5 rings (SSSR count). The number of ether oxygens (including phenoxy) is 2. The molecule has 0 radical (unpaired) electrons. The summed E-state index contributed by atoms with van der Waals surface area (Å²) in [5.74, 6) is 1.97. The molecule has 204 valence electrons. The van der Waals surface area contributed by atoms with Gasteiger partial charge < -0.3 is 14.4 Å². The van der Waals surface area contributed by atoms with E-state index in [0.717, 1.165) is 42.7 Å². The van der Waals surface area contributed by atoms with E-state index in [-0.39, 0.29) is 30.1 Å². The van der Waals surface area contributed by atoms with E-state index in [1.165, 1.54) is 16.0 Å². The highest BCUT2D eigenvalue weighted by molar-refractivity contribution is 7.98. The van der Waals surface area contributed by atoms with Crippen molar-refractivity contribution in [1.29, 1.82) is 0 Å². The molecule has 2 aliphatic heterocycles. The Labute approximate surface area is 235 Å². The fraction of sp³-hybridized carbons (Fsp3) is 0.394. The Bertz CT molecular complexity index is 1260. The predicted molar refractivity (Wildman–Crippen MR) is 156 cm³/mol. The van der Waals surface area contributed by atoms with Crippen LogP contribution in [-0.4, -0.2) is 41.6 Å². The molecule has 2 aliphatic rings. The molecule has 2 bridgehead atoms. The third-order valence-corrected chi connectivity index (χ3v) is 8.83. The zero-order chi connectivity index (χ0) is 27.4. The van der Waals surface area contributed by atoms with Gasteiger partial charge in [0.15, 0.2) is 0 Å². The molecule has 2 heterocycles. The van der Waals surface area contributed by atoms with Gasteiger partial charge >= 0.3 is 5.97 Å². The first kappa shape index (κ1) is 27.3. The van der Waals surface area contributed by atoms with Gasteiger partial charge in [-0.2, -0.15) is 0 Å². The quantitative estimate of drug-likeness (QED) is 0.207. The van der Waals surface area contributed by atoms with Crippen molar-refractivity contribution in [3.63, 3.8) is 0 Å². The maximum Gasteiger partial charge on any atom is 0.338 e. The molecule has 6 heteroatoms. The summed E-state index contributed by atoms with van der Waals surface area (Å²) in [5.41, 5.74) is 3.86. The van der Waals surface area contributed by atoms with E-state index in [2.05, 4.69) is 55.1 Å². The number of carbonyl (C=O) groups is 2. The minimum Gasteiger partial charge on any atom is -0.490 e. The molecule has 5 nitrogen and oxygen atoms in total. The van der Waals surface area contributed by atoms with Crippen molar-refractivity contribution >= 4 is 23.6 Å². The summed E-state index contributed by atoms with van der Waals surface area (Å²) in [6.45, 7) is 6.57. The summed E-state index contributed by atoms with van der Waals surface area (Å²) >= 11 is 1.82. The number of thioether (sulfide) groups is 1. The van der Waals surface area contributed by atoms with E-state index in [9.17, 15) is 9.59 Å². The van der Waals surface area contributed by atoms with Crippen LogP contribution in [0.5, 0.6) is 5.75 Å². The van der Waals surface area contributed by atoms with E-state index < -0.39 is 0 Å². The number of hydrogen-bond donors (Lipinski definition) is 0. The molecule has 2 fully saturated rings. The van der Waals surface area contributed by atoms with Crippen LogP contribution in [0.2, 0.25) is 0 Å². The number of piperidine rings is 1. The number of esters is 1. The van der Waals surface area contributed by atoms with Gasteiger partial charge in [-0.1, -0.05) is 38.1 Å². The third-order valence-electron chi connectivity index (χ3n) is 7.75. The van der Waals surface area contributed by atoms with Crippen LogP contribution >= 0.6 is 11.8 Å². The molecule has 0 N–H and O–H groups in total. The van der Waals surface area contributed by atoms with Crippen LogP contribution in [0.4, 0.5) is 0 Å². The van der Waals surface area contributed by atoms with Gasteiger partial charge in [-0.3, -0.25) is 4.79 Å². The summed E-state index contributed by atoms with van der Waals surface area (Å²) in [5, 5.41) is 0. The lowest BCUT2D eigenvalue weighted by Gasteiger charge is -2.39. The zero-order valence-corrected chi connectivity index (χ0v) is 23.8. The van der Waals surface area contributed by atoms with Crippen LogP contribution in [0, 0.1) is 0 Å². The Balaban J connectivity index is 1.15. The van der Waals surface area contributed by atoms with Gasteiger partial charge in [0.2, 0.25) is 0 Å². The molecular weight excluding hydrogens is 506 g/mol. The van der Waals surface area contributed by atoms with Gasteiger partial charge in [0.05, 0.1) is 12.2 Å². The van der Waals surface area contributed by atoms with Gasteiger partial charge in [0, 0.05) is 41.1 Å². The van der Waals surface area contributed by atoms with E-state index in [0.29, 0.717) is 18.1 Å². The summed E-state index contributed by atoms with van der Waals surface area (Å²) in [4.78, 5) is 28.7. The van der Waals surface area contributed by atoms with Crippen molar-refractivity contribution in [3.05, 3.63) is 95.1 Å². The minimum absolute atomic E-state index is 0.0639. The van der Waals surface area contributed by atoms with Gasteiger partial charge in [-0.15, -0.1) is 11.8 Å². The van der Waals surface area contributed by atoms with Gasteiger partial charge in [0.1, 0.15) is 11.9 Å². The highest BCUT2D eigenvalue weighted by atomic mass is 32.2. The first-order valence-electron chi connectivity index (χ1n) is 14.0. The second kappa shape index (κ2) is 12.3. The van der Waals surface area contributed by atoms with Crippen molar-refractivity contribution < 1.29 is 19.1 Å². The minimum atomic E-state index is -0.322. The first-order chi connectivity index (χ1) is 18.9. The monoisotopic (exact) mass is 543 g/mol. The highest BCUT2D eigenvalue weighted by Gasteiger charge is 2.44. The number of fused-ring (bicyclic) bond motifs is 2. The van der Waals surface area contributed by atoms with Crippen molar-refractivity contribution in [2.75, 3.05) is 6.61 Å². The predicted octanol–water partition coefficient (Wildman–Crippen LogP) is 7.49. The molecule has 39 heavy (non-hydrogen) atoms.